The van der Waals surface area contributed by atoms with Crippen molar-refractivity contribution in [2.24, 2.45) is 0 Å². The van der Waals surface area contributed by atoms with Crippen molar-refractivity contribution in [3.63, 3.8) is 0 Å². The lowest BCUT2D eigenvalue weighted by Gasteiger charge is -2.20. The molecule has 0 aliphatic heterocycles. The van der Waals surface area contributed by atoms with Crippen molar-refractivity contribution in [1.82, 2.24) is 20.1 Å². The van der Waals surface area contributed by atoms with Gasteiger partial charge in [0.1, 0.15) is 0 Å². The molecule has 0 unspecified atom stereocenters. The molecule has 0 fully saturated rings. The van der Waals surface area contributed by atoms with Crippen LogP contribution >= 0.6 is 34.2 Å². The van der Waals surface area contributed by atoms with Crippen molar-refractivity contribution < 1.29 is 0 Å². The lowest BCUT2D eigenvalue weighted by Crippen LogP contribution is -2.35. The molecule has 0 amide bonds. The molecule has 2 heterocycles. The van der Waals surface area contributed by atoms with Crippen molar-refractivity contribution >= 4 is 34.2 Å². The number of hydrogen-bond donors (Lipinski definition) is 1. The summed E-state index contributed by atoms with van der Waals surface area (Å²) in [6, 6.07) is 1.93. The lowest BCUT2D eigenvalue weighted by molar-refractivity contribution is 0.424. The minimum Gasteiger partial charge on any atom is -0.308 e. The van der Waals surface area contributed by atoms with E-state index in [1.165, 1.54) is 0 Å². The van der Waals surface area contributed by atoms with Crippen LogP contribution in [-0.2, 0) is 6.54 Å². The molecule has 0 aromatic carbocycles. The number of hydrogen-bond acceptors (Lipinski definition) is 3. The van der Waals surface area contributed by atoms with E-state index in [0.29, 0.717) is 10.8 Å². The lowest BCUT2D eigenvalue weighted by atomic mass is 10.1. The van der Waals surface area contributed by atoms with E-state index < -0.39 is 0 Å². The van der Waals surface area contributed by atoms with Crippen LogP contribution in [-0.4, -0.2) is 20.3 Å². The van der Waals surface area contributed by atoms with Gasteiger partial charge in [-0.2, -0.15) is 5.10 Å². The third-order valence-electron chi connectivity index (χ3n) is 2.47. The van der Waals surface area contributed by atoms with Crippen LogP contribution in [0.5, 0.6) is 0 Å². The second-order valence-corrected chi connectivity index (χ2v) is 7.01. The van der Waals surface area contributed by atoms with Crippen LogP contribution in [0.15, 0.2) is 24.7 Å². The summed E-state index contributed by atoms with van der Waals surface area (Å²) in [5, 5.41) is 8.22. The first-order valence-corrected chi connectivity index (χ1v) is 7.41. The summed E-state index contributed by atoms with van der Waals surface area (Å²) in [6.07, 6.45) is 5.49. The fraction of sp³-hybridized carbons (Fsp3) is 0.385. The zero-order valence-corrected chi connectivity index (χ0v) is 14.0. The minimum absolute atomic E-state index is 0.0727. The van der Waals surface area contributed by atoms with Gasteiger partial charge in [0.05, 0.1) is 14.8 Å². The van der Waals surface area contributed by atoms with Crippen molar-refractivity contribution in [3.8, 4) is 5.82 Å². The van der Waals surface area contributed by atoms with Gasteiger partial charge in [-0.3, -0.25) is 0 Å². The largest absolute Gasteiger partial charge is 0.308 e. The maximum absolute atomic E-state index is 6.27. The van der Waals surface area contributed by atoms with Gasteiger partial charge in [-0.05, 0) is 55.0 Å². The molecule has 0 atom stereocenters. The Labute approximate surface area is 131 Å². The normalized spacial score (nSPS) is 11.8. The van der Waals surface area contributed by atoms with Gasteiger partial charge in [-0.1, -0.05) is 11.6 Å². The molecule has 0 bridgehead atoms. The molecule has 0 spiro atoms. The van der Waals surface area contributed by atoms with Crippen LogP contribution in [0.2, 0.25) is 5.02 Å². The summed E-state index contributed by atoms with van der Waals surface area (Å²) in [6.45, 7) is 7.12. The van der Waals surface area contributed by atoms with E-state index in [4.69, 9.17) is 11.6 Å². The van der Waals surface area contributed by atoms with Crippen LogP contribution in [0.4, 0.5) is 0 Å². The molecule has 2 aromatic heterocycles. The average molecular weight is 391 g/mol. The van der Waals surface area contributed by atoms with Crippen molar-refractivity contribution in [2.75, 3.05) is 0 Å². The zero-order valence-electron chi connectivity index (χ0n) is 11.1. The fourth-order valence-corrected chi connectivity index (χ4v) is 2.18. The van der Waals surface area contributed by atoms with Crippen molar-refractivity contribution in [1.29, 1.82) is 0 Å². The second kappa shape index (κ2) is 5.76. The van der Waals surface area contributed by atoms with E-state index in [9.17, 15) is 0 Å². The Bertz CT molecular complexity index is 574. The first-order chi connectivity index (χ1) is 8.85. The van der Waals surface area contributed by atoms with Gasteiger partial charge < -0.3 is 5.32 Å². The summed E-state index contributed by atoms with van der Waals surface area (Å²) in [5.41, 5.74) is 1.13. The highest BCUT2D eigenvalue weighted by Gasteiger charge is 2.11. The number of nitrogens with one attached hydrogen (secondary N) is 1. The highest BCUT2D eigenvalue weighted by Crippen LogP contribution is 2.19. The predicted molar refractivity (Wildman–Crippen MR) is 85.7 cm³/mol. The van der Waals surface area contributed by atoms with Crippen LogP contribution in [0.1, 0.15) is 26.3 Å². The predicted octanol–water partition coefficient (Wildman–Crippen LogP) is 3.41. The summed E-state index contributed by atoms with van der Waals surface area (Å²) >= 11 is 8.47. The highest BCUT2D eigenvalue weighted by atomic mass is 127. The molecule has 1 N–H and O–H groups in total. The Balaban J connectivity index is 2.18. The average Bonchev–Trinajstić information content (AvgIpc) is 2.72. The Morgan fingerprint density at radius 3 is 2.63 bits per heavy atom. The van der Waals surface area contributed by atoms with Gasteiger partial charge in [-0.15, -0.1) is 0 Å². The molecule has 102 valence electrons. The van der Waals surface area contributed by atoms with Gasteiger partial charge in [0.25, 0.3) is 0 Å². The van der Waals surface area contributed by atoms with E-state index in [0.717, 1.165) is 15.7 Å². The van der Waals surface area contributed by atoms with Crippen LogP contribution in [0.3, 0.4) is 0 Å². The summed E-state index contributed by atoms with van der Waals surface area (Å²) < 4.78 is 2.74. The molecule has 0 radical (unpaired) electrons. The Hall–Kier alpha value is -0.660. The topological polar surface area (TPSA) is 42.7 Å². The van der Waals surface area contributed by atoms with E-state index >= 15 is 0 Å². The number of rotatable bonds is 3. The second-order valence-electron chi connectivity index (χ2n) is 5.36. The van der Waals surface area contributed by atoms with E-state index in [1.54, 1.807) is 10.9 Å². The molecule has 0 aliphatic carbocycles. The molecule has 4 nitrogen and oxygen atoms in total. The van der Waals surface area contributed by atoms with Crippen molar-refractivity contribution in [3.05, 3.63) is 38.8 Å². The SMILES string of the molecule is CC(C)(C)NCc1cnc(-n2cc(I)cn2)c(Cl)c1. The van der Waals surface area contributed by atoms with Gasteiger partial charge >= 0.3 is 0 Å². The quantitative estimate of drug-likeness (QED) is 0.817. The van der Waals surface area contributed by atoms with E-state index in [1.807, 2.05) is 18.5 Å². The Morgan fingerprint density at radius 1 is 1.37 bits per heavy atom. The first-order valence-electron chi connectivity index (χ1n) is 5.95. The minimum atomic E-state index is 0.0727. The number of nitrogens with zero attached hydrogens (tertiary/aromatic N) is 3. The third kappa shape index (κ3) is 4.15. The summed E-state index contributed by atoms with van der Waals surface area (Å²) in [4.78, 5) is 4.39. The molecular weight excluding hydrogens is 375 g/mol. The number of halogens is 2. The molecule has 2 aromatic rings. The van der Waals surface area contributed by atoms with Crippen LogP contribution < -0.4 is 5.32 Å². The van der Waals surface area contributed by atoms with Crippen molar-refractivity contribution in [2.45, 2.75) is 32.9 Å². The highest BCUT2D eigenvalue weighted by molar-refractivity contribution is 14.1. The van der Waals surface area contributed by atoms with Crippen LogP contribution in [0, 0.1) is 3.57 Å². The van der Waals surface area contributed by atoms with Gasteiger partial charge in [-0.25, -0.2) is 9.67 Å². The van der Waals surface area contributed by atoms with Gasteiger partial charge in [0, 0.05) is 24.5 Å². The first kappa shape index (κ1) is 14.7. The Kier molecular flexibility index (Phi) is 4.47. The van der Waals surface area contributed by atoms with Crippen LogP contribution in [0.25, 0.3) is 5.82 Å². The van der Waals surface area contributed by atoms with E-state index in [2.05, 4.69) is 58.8 Å². The van der Waals surface area contributed by atoms with Gasteiger partial charge in [0.2, 0.25) is 0 Å². The van der Waals surface area contributed by atoms with E-state index in [-0.39, 0.29) is 5.54 Å². The zero-order chi connectivity index (χ0) is 14.0. The number of pyridine rings is 1. The molecule has 6 heteroatoms. The fourth-order valence-electron chi connectivity index (χ4n) is 1.52. The molecule has 19 heavy (non-hydrogen) atoms. The standard InChI is InChI=1S/C13H16ClIN4/c1-13(2,3)17-6-9-4-11(14)12(16-5-9)19-8-10(15)7-18-19/h4-5,7-8,17H,6H2,1-3H3. The number of aromatic nitrogens is 3. The molecular formula is C13H16ClIN4. The molecule has 0 saturated heterocycles. The summed E-state index contributed by atoms with van der Waals surface area (Å²) in [5.74, 6) is 0.657. The maximum atomic E-state index is 6.27. The maximum Gasteiger partial charge on any atom is 0.172 e. The third-order valence-corrected chi connectivity index (χ3v) is 3.30. The molecule has 0 aliphatic rings. The van der Waals surface area contributed by atoms with Gasteiger partial charge in [0.15, 0.2) is 5.82 Å². The monoisotopic (exact) mass is 390 g/mol. The molecule has 0 saturated carbocycles. The molecule has 2 rings (SSSR count). The smallest absolute Gasteiger partial charge is 0.172 e. The Morgan fingerprint density at radius 2 is 2.11 bits per heavy atom. The summed E-state index contributed by atoms with van der Waals surface area (Å²) in [7, 11) is 0.